The zero-order valence-corrected chi connectivity index (χ0v) is 52.3. The van der Waals surface area contributed by atoms with E-state index >= 15 is 0 Å². The molecule has 4 heterocycles. The second kappa shape index (κ2) is 35.6. The van der Waals surface area contributed by atoms with Gasteiger partial charge in [0.25, 0.3) is 5.91 Å². The van der Waals surface area contributed by atoms with Crippen LogP contribution in [0.4, 0.5) is 4.39 Å². The van der Waals surface area contributed by atoms with E-state index < -0.39 is 59.2 Å². The van der Waals surface area contributed by atoms with E-state index in [0.717, 1.165) is 22.0 Å². The van der Waals surface area contributed by atoms with Crippen molar-refractivity contribution in [2.45, 2.75) is 89.0 Å². The van der Waals surface area contributed by atoms with Gasteiger partial charge >= 0.3 is 17.9 Å². The summed E-state index contributed by atoms with van der Waals surface area (Å²) in [4.78, 5) is 147. The summed E-state index contributed by atoms with van der Waals surface area (Å²) in [6, 6.07) is 23.8. The van der Waals surface area contributed by atoms with Gasteiger partial charge < -0.3 is 62.8 Å². The number of benzene rings is 3. The topological polar surface area (TPSA) is 374 Å². The number of nitrogens with one attached hydrogen (secondary N) is 7. The van der Waals surface area contributed by atoms with E-state index in [2.05, 4.69) is 41.9 Å². The number of aryl methyl sites for hydroxylation is 1. The molecule has 27 nitrogen and oxygen atoms in total. The summed E-state index contributed by atoms with van der Waals surface area (Å²) in [5, 5.41) is 46.7. The molecule has 12 N–H and O–H groups in total. The van der Waals surface area contributed by atoms with Crippen molar-refractivity contribution in [3.05, 3.63) is 137 Å². The van der Waals surface area contributed by atoms with E-state index in [0.29, 0.717) is 50.0 Å². The van der Waals surface area contributed by atoms with Gasteiger partial charge in [0.2, 0.25) is 35.4 Å². The van der Waals surface area contributed by atoms with Gasteiger partial charge in [-0.05, 0) is 79.1 Å². The van der Waals surface area contributed by atoms with Crippen LogP contribution in [0.3, 0.4) is 0 Å². The maximum Gasteiger partial charge on any atom is 0.317 e. The third-order valence-corrected chi connectivity index (χ3v) is 16.5. The minimum atomic E-state index is -1.65. The molecule has 2 atom stereocenters. The average Bonchev–Trinajstić information content (AvgIpc) is 1.03. The van der Waals surface area contributed by atoms with E-state index in [1.807, 2.05) is 59.5 Å². The molecular weight excluding hydrogens is 1200 g/mol. The number of aromatic amines is 1. The third kappa shape index (κ3) is 23.1. The highest BCUT2D eigenvalue weighted by Gasteiger charge is 2.45. The van der Waals surface area contributed by atoms with Crippen LogP contribution in [0.2, 0.25) is 0 Å². The molecule has 3 aromatic carbocycles. The predicted octanol–water partition coefficient (Wildman–Crippen LogP) is 0.600. The molecule has 2 aliphatic rings. The monoisotopic (exact) mass is 1290 g/mol. The minimum absolute atomic E-state index is 0.0403. The molecule has 0 radical (unpaired) electrons. The van der Waals surface area contributed by atoms with Gasteiger partial charge in [-0.3, -0.25) is 67.5 Å². The van der Waals surface area contributed by atoms with Crippen LogP contribution in [0.15, 0.2) is 97.2 Å². The number of fused-ring (bicyclic) bond motifs is 1. The van der Waals surface area contributed by atoms with Crippen LogP contribution in [-0.2, 0) is 69.1 Å². The number of aromatic nitrogens is 2. The van der Waals surface area contributed by atoms with E-state index in [-0.39, 0.29) is 165 Å². The SMILES string of the molecule is Cc1ccc(CNCC(=O)N2CCC(NC(=O)c3cccc(CNC(=O)[C@H](Cc4ccccc4)NC(=O)CCCCCNC(=O)CN4CCN(CC(=O)O)CCN(CC(=O)O)CCN(CC(=O)O)CC4)n3)(C(=O)N[C@@H](Cc3c[nH]c4ccccc34)C(N)=O)CC2)cc1F. The molecular formula is C65H85FN14O13. The Hall–Kier alpha value is -9.22. The van der Waals surface area contributed by atoms with Gasteiger partial charge in [-0.1, -0.05) is 73.2 Å². The summed E-state index contributed by atoms with van der Waals surface area (Å²) in [7, 11) is 0. The fourth-order valence-corrected chi connectivity index (χ4v) is 11.2. The number of H-pyrrole nitrogens is 1. The van der Waals surface area contributed by atoms with Gasteiger partial charge in [0.1, 0.15) is 29.1 Å². The number of halogens is 1. The van der Waals surface area contributed by atoms with Gasteiger partial charge in [-0.15, -0.1) is 0 Å². The number of hydrogen-bond acceptors (Lipinski definition) is 16. The normalized spacial score (nSPS) is 16.0. The van der Waals surface area contributed by atoms with Crippen molar-refractivity contribution < 1.29 is 67.7 Å². The van der Waals surface area contributed by atoms with Crippen LogP contribution >= 0.6 is 0 Å². The average molecular weight is 1290 g/mol. The number of aliphatic carboxylic acids is 3. The van der Waals surface area contributed by atoms with Crippen LogP contribution < -0.4 is 37.6 Å². The zero-order valence-electron chi connectivity index (χ0n) is 52.3. The molecule has 500 valence electrons. The summed E-state index contributed by atoms with van der Waals surface area (Å²) in [5.41, 5.74) is 7.90. The highest BCUT2D eigenvalue weighted by atomic mass is 19.1. The molecule has 7 rings (SSSR count). The second-order valence-corrected chi connectivity index (χ2v) is 23.6. The minimum Gasteiger partial charge on any atom is -0.480 e. The number of carbonyl (C=O) groups excluding carboxylic acids is 7. The van der Waals surface area contributed by atoms with Crippen LogP contribution in [-0.4, -0.2) is 231 Å². The molecule has 93 heavy (non-hydrogen) atoms. The Morgan fingerprint density at radius 2 is 1.25 bits per heavy atom. The van der Waals surface area contributed by atoms with Gasteiger partial charge in [0, 0.05) is 115 Å². The number of rotatable bonds is 31. The Kier molecular flexibility index (Phi) is 27.2. The number of carboxylic acid groups (broad SMARTS) is 3. The number of carbonyl (C=O) groups is 10. The van der Waals surface area contributed by atoms with Crippen LogP contribution in [0, 0.1) is 12.7 Å². The Bertz CT molecular complexity index is 3370. The van der Waals surface area contributed by atoms with Crippen molar-refractivity contribution in [1.29, 1.82) is 0 Å². The first-order valence-electron chi connectivity index (χ1n) is 31.2. The fourth-order valence-electron chi connectivity index (χ4n) is 11.2. The third-order valence-electron chi connectivity index (χ3n) is 16.5. The lowest BCUT2D eigenvalue weighted by Crippen LogP contribution is -2.66. The first-order chi connectivity index (χ1) is 44.6. The molecule has 2 fully saturated rings. The number of pyridine rings is 1. The first kappa shape index (κ1) is 71.2. The van der Waals surface area contributed by atoms with Gasteiger partial charge in [-0.2, -0.15) is 0 Å². The Morgan fingerprint density at radius 3 is 1.86 bits per heavy atom. The molecule has 2 saturated heterocycles. The number of piperidine rings is 1. The van der Waals surface area contributed by atoms with E-state index in [9.17, 15) is 67.7 Å². The number of para-hydroxylation sites is 1. The van der Waals surface area contributed by atoms with Crippen molar-refractivity contribution in [2.75, 3.05) is 105 Å². The number of primary amides is 1. The van der Waals surface area contributed by atoms with Crippen molar-refractivity contribution in [2.24, 2.45) is 5.73 Å². The molecule has 2 aromatic heterocycles. The van der Waals surface area contributed by atoms with Crippen LogP contribution in [0.5, 0.6) is 0 Å². The number of carboxylic acids is 3. The molecule has 0 aliphatic carbocycles. The number of nitrogens with zero attached hydrogens (tertiary/aromatic N) is 6. The Morgan fingerprint density at radius 1 is 0.634 bits per heavy atom. The van der Waals surface area contributed by atoms with E-state index in [1.165, 1.54) is 12.1 Å². The first-order valence-corrected chi connectivity index (χ1v) is 31.2. The molecule has 28 heteroatoms. The van der Waals surface area contributed by atoms with Crippen LogP contribution in [0.1, 0.15) is 77.0 Å². The quantitative estimate of drug-likeness (QED) is 0.0271. The molecule has 0 spiro atoms. The summed E-state index contributed by atoms with van der Waals surface area (Å²) in [6.07, 6.45) is 3.40. The highest BCUT2D eigenvalue weighted by Crippen LogP contribution is 2.26. The molecule has 7 amide bonds. The highest BCUT2D eigenvalue weighted by molar-refractivity contribution is 6.00. The van der Waals surface area contributed by atoms with Crippen molar-refractivity contribution in [1.82, 2.24) is 66.4 Å². The Labute approximate surface area is 538 Å². The number of nitrogens with two attached hydrogens (primary N) is 1. The lowest BCUT2D eigenvalue weighted by atomic mass is 9.85. The Balaban J connectivity index is 0.923. The van der Waals surface area contributed by atoms with Gasteiger partial charge in [0.15, 0.2) is 0 Å². The summed E-state index contributed by atoms with van der Waals surface area (Å²) in [5.74, 6) is -7.26. The predicted molar refractivity (Wildman–Crippen MR) is 340 cm³/mol. The van der Waals surface area contributed by atoms with Crippen molar-refractivity contribution >= 4 is 70.2 Å². The maximum atomic E-state index is 14.6. The number of amides is 7. The fraction of sp³-hybridized carbons (Fsp3) is 0.462. The van der Waals surface area contributed by atoms with E-state index in [1.54, 1.807) is 57.0 Å². The van der Waals surface area contributed by atoms with Crippen molar-refractivity contribution in [3.63, 3.8) is 0 Å². The van der Waals surface area contributed by atoms with Gasteiger partial charge in [0.05, 0.1) is 45.0 Å². The zero-order chi connectivity index (χ0) is 66.9. The lowest BCUT2D eigenvalue weighted by Gasteiger charge is -2.41. The smallest absolute Gasteiger partial charge is 0.317 e. The molecule has 0 saturated carbocycles. The standard InChI is InChI=1S/C65H85FN14O13/c1-44-18-19-46(33-50(44)66)36-68-39-57(83)80-23-20-65(21-24-80,64(93)74-53(61(67)90)35-47-37-70-51-15-8-7-14-49(47)51)75-63(92)52-16-10-13-48(72-52)38-71-62(91)54(34-45-11-4-2-5-12-45)73-55(81)17-6-3-9-22-69-56(82)40-76-25-27-77(41-58(84)85)29-31-79(43-60(88)89)32-30-78(28-26-76)42-59(86)87/h2,4-5,7-8,10-16,18-19,33,37,53-54,68,70H,3,6,9,17,20-32,34-36,38-43H2,1H3,(H2,67,90)(H,69,82)(H,71,91)(H,73,81)(H,74,93)(H,75,92)(H,84,85)(H,86,87)(H,88,89)/t53-,54-/m0/s1. The number of unbranched alkanes of at least 4 members (excludes halogenated alkanes) is 2. The number of hydrogen-bond donors (Lipinski definition) is 11. The molecule has 0 unspecified atom stereocenters. The van der Waals surface area contributed by atoms with Crippen molar-refractivity contribution in [3.8, 4) is 0 Å². The maximum absolute atomic E-state index is 14.6. The number of likely N-dealkylation sites (tertiary alicyclic amines) is 1. The van der Waals surface area contributed by atoms with Gasteiger partial charge in [-0.25, -0.2) is 9.37 Å². The molecule has 5 aromatic rings. The summed E-state index contributed by atoms with van der Waals surface area (Å²) >= 11 is 0. The second-order valence-electron chi connectivity index (χ2n) is 23.6. The summed E-state index contributed by atoms with van der Waals surface area (Å²) < 4.78 is 14.2. The molecule has 0 bridgehead atoms. The largest absolute Gasteiger partial charge is 0.480 e. The van der Waals surface area contributed by atoms with Crippen LogP contribution in [0.25, 0.3) is 10.9 Å². The molecule has 2 aliphatic heterocycles. The lowest BCUT2D eigenvalue weighted by molar-refractivity contribution is -0.140. The van der Waals surface area contributed by atoms with E-state index in [4.69, 9.17) is 5.73 Å². The summed E-state index contributed by atoms with van der Waals surface area (Å²) in [6.45, 7) is 3.23.